The third-order valence-electron chi connectivity index (χ3n) is 2.96. The SMILES string of the molecule is CCO[Si](C)(C)CNC1CCCCC1. The van der Waals surface area contributed by atoms with Crippen LogP contribution < -0.4 is 5.32 Å². The standard InChI is InChI=1S/C11H25NOSi/c1-4-13-14(2,3)10-12-11-8-6-5-7-9-11/h11-12H,4-10H2,1-3H3. The molecular weight excluding hydrogens is 190 g/mol. The molecule has 0 spiro atoms. The molecule has 0 aromatic carbocycles. The molecule has 14 heavy (non-hydrogen) atoms. The molecule has 0 bridgehead atoms. The van der Waals surface area contributed by atoms with Gasteiger partial charge in [0.05, 0.1) is 0 Å². The molecule has 0 unspecified atom stereocenters. The average molecular weight is 215 g/mol. The molecule has 1 saturated carbocycles. The van der Waals surface area contributed by atoms with Crippen LogP contribution in [0.4, 0.5) is 0 Å². The maximum absolute atomic E-state index is 5.80. The number of hydrogen-bond donors (Lipinski definition) is 1. The highest BCUT2D eigenvalue weighted by Crippen LogP contribution is 2.17. The van der Waals surface area contributed by atoms with Gasteiger partial charge in [-0.3, -0.25) is 0 Å². The summed E-state index contributed by atoms with van der Waals surface area (Å²) in [6.07, 6.45) is 8.12. The fraction of sp³-hybridized carbons (Fsp3) is 1.00. The van der Waals surface area contributed by atoms with Crippen LogP contribution in [0.25, 0.3) is 0 Å². The molecule has 1 fully saturated rings. The first kappa shape index (κ1) is 12.2. The van der Waals surface area contributed by atoms with E-state index in [2.05, 4.69) is 25.3 Å². The Hall–Kier alpha value is 0.137. The Morgan fingerprint density at radius 1 is 1.21 bits per heavy atom. The molecule has 2 nitrogen and oxygen atoms in total. The lowest BCUT2D eigenvalue weighted by molar-refractivity contribution is 0.317. The van der Waals surface area contributed by atoms with Gasteiger partial charge in [-0.15, -0.1) is 0 Å². The molecule has 0 amide bonds. The Morgan fingerprint density at radius 2 is 1.86 bits per heavy atom. The monoisotopic (exact) mass is 215 g/mol. The van der Waals surface area contributed by atoms with Gasteiger partial charge >= 0.3 is 0 Å². The highest BCUT2D eigenvalue weighted by Gasteiger charge is 2.23. The summed E-state index contributed by atoms with van der Waals surface area (Å²) in [7, 11) is -1.40. The minimum atomic E-state index is -1.40. The Labute approximate surface area is 89.6 Å². The number of hydrogen-bond acceptors (Lipinski definition) is 2. The zero-order valence-corrected chi connectivity index (χ0v) is 10.9. The van der Waals surface area contributed by atoms with E-state index in [0.717, 1.165) is 18.8 Å². The molecule has 0 radical (unpaired) electrons. The second-order valence-electron chi connectivity index (χ2n) is 4.91. The molecule has 1 aliphatic carbocycles. The topological polar surface area (TPSA) is 21.3 Å². The van der Waals surface area contributed by atoms with E-state index in [1.807, 2.05) is 0 Å². The molecule has 0 aromatic rings. The van der Waals surface area contributed by atoms with E-state index in [9.17, 15) is 0 Å². The smallest absolute Gasteiger partial charge is 0.200 e. The Morgan fingerprint density at radius 3 is 2.43 bits per heavy atom. The van der Waals surface area contributed by atoms with Crippen LogP contribution >= 0.6 is 0 Å². The zero-order chi connectivity index (χ0) is 10.4. The van der Waals surface area contributed by atoms with Crippen molar-refractivity contribution < 1.29 is 4.43 Å². The lowest BCUT2D eigenvalue weighted by Gasteiger charge is -2.28. The second-order valence-corrected chi connectivity index (χ2v) is 9.07. The first-order chi connectivity index (χ1) is 6.64. The average Bonchev–Trinajstić information content (AvgIpc) is 2.17. The highest BCUT2D eigenvalue weighted by molar-refractivity contribution is 6.71. The normalized spacial score (nSPS) is 19.9. The maximum atomic E-state index is 5.80. The summed E-state index contributed by atoms with van der Waals surface area (Å²) in [5, 5.41) is 3.68. The van der Waals surface area contributed by atoms with Gasteiger partial charge in [-0.05, 0) is 32.9 Å². The van der Waals surface area contributed by atoms with Crippen molar-refractivity contribution >= 4 is 8.32 Å². The van der Waals surface area contributed by atoms with E-state index in [1.54, 1.807) is 0 Å². The minimum Gasteiger partial charge on any atom is -0.416 e. The lowest BCUT2D eigenvalue weighted by Crippen LogP contribution is -2.46. The molecule has 0 aromatic heterocycles. The zero-order valence-electron chi connectivity index (χ0n) is 9.94. The molecule has 1 aliphatic rings. The third kappa shape index (κ3) is 4.58. The first-order valence-corrected chi connectivity index (χ1v) is 9.13. The summed E-state index contributed by atoms with van der Waals surface area (Å²) in [5.74, 6) is 0. The molecule has 1 rings (SSSR count). The van der Waals surface area contributed by atoms with Gasteiger partial charge in [0.1, 0.15) is 0 Å². The molecule has 3 heteroatoms. The van der Waals surface area contributed by atoms with Crippen molar-refractivity contribution in [1.29, 1.82) is 0 Å². The molecule has 1 N–H and O–H groups in total. The summed E-state index contributed by atoms with van der Waals surface area (Å²) >= 11 is 0. The van der Waals surface area contributed by atoms with Gasteiger partial charge in [-0.1, -0.05) is 19.3 Å². The van der Waals surface area contributed by atoms with E-state index in [-0.39, 0.29) is 0 Å². The lowest BCUT2D eigenvalue weighted by atomic mass is 9.96. The third-order valence-corrected chi connectivity index (χ3v) is 5.08. The van der Waals surface area contributed by atoms with Gasteiger partial charge in [-0.2, -0.15) is 0 Å². The Bertz CT molecular complexity index is 155. The largest absolute Gasteiger partial charge is 0.416 e. The number of rotatable bonds is 5. The van der Waals surface area contributed by atoms with Crippen LogP contribution in [-0.4, -0.2) is 27.1 Å². The molecule has 0 heterocycles. The van der Waals surface area contributed by atoms with Crippen molar-refractivity contribution in [3.63, 3.8) is 0 Å². The van der Waals surface area contributed by atoms with Crippen molar-refractivity contribution in [2.45, 2.75) is 58.2 Å². The molecule has 0 saturated heterocycles. The summed E-state index contributed by atoms with van der Waals surface area (Å²) < 4.78 is 5.80. The summed E-state index contributed by atoms with van der Waals surface area (Å²) in [6.45, 7) is 7.56. The Kier molecular flexibility index (Phi) is 5.13. The second kappa shape index (κ2) is 5.88. The fourth-order valence-electron chi connectivity index (χ4n) is 2.14. The first-order valence-electron chi connectivity index (χ1n) is 6.01. The van der Waals surface area contributed by atoms with Crippen molar-refractivity contribution in [3.05, 3.63) is 0 Å². The van der Waals surface area contributed by atoms with Gasteiger partial charge in [0, 0.05) is 18.8 Å². The van der Waals surface area contributed by atoms with E-state index < -0.39 is 8.32 Å². The minimum absolute atomic E-state index is 0.774. The molecule has 0 atom stereocenters. The van der Waals surface area contributed by atoms with Crippen LogP contribution in [-0.2, 0) is 4.43 Å². The van der Waals surface area contributed by atoms with Gasteiger partial charge in [0.25, 0.3) is 0 Å². The van der Waals surface area contributed by atoms with Crippen LogP contribution in [0.5, 0.6) is 0 Å². The van der Waals surface area contributed by atoms with Crippen molar-refractivity contribution in [2.24, 2.45) is 0 Å². The predicted octanol–water partition coefficient (Wildman–Crippen LogP) is 2.69. The van der Waals surface area contributed by atoms with Crippen LogP contribution in [0.15, 0.2) is 0 Å². The molecule has 84 valence electrons. The van der Waals surface area contributed by atoms with Gasteiger partial charge in [-0.25, -0.2) is 0 Å². The van der Waals surface area contributed by atoms with E-state index in [4.69, 9.17) is 4.43 Å². The summed E-state index contributed by atoms with van der Waals surface area (Å²) in [4.78, 5) is 0. The van der Waals surface area contributed by atoms with E-state index >= 15 is 0 Å². The van der Waals surface area contributed by atoms with Gasteiger partial charge < -0.3 is 9.74 Å². The van der Waals surface area contributed by atoms with Crippen molar-refractivity contribution in [1.82, 2.24) is 5.32 Å². The van der Waals surface area contributed by atoms with Gasteiger partial charge in [0.15, 0.2) is 8.32 Å². The van der Waals surface area contributed by atoms with Crippen molar-refractivity contribution in [3.8, 4) is 0 Å². The predicted molar refractivity (Wildman–Crippen MR) is 64.0 cm³/mol. The highest BCUT2D eigenvalue weighted by atomic mass is 28.4. The van der Waals surface area contributed by atoms with E-state index in [1.165, 1.54) is 32.1 Å². The van der Waals surface area contributed by atoms with Crippen LogP contribution in [0.2, 0.25) is 13.1 Å². The van der Waals surface area contributed by atoms with Crippen molar-refractivity contribution in [2.75, 3.05) is 12.8 Å². The number of nitrogens with one attached hydrogen (secondary N) is 1. The van der Waals surface area contributed by atoms with Crippen LogP contribution in [0.3, 0.4) is 0 Å². The fourth-order valence-corrected chi connectivity index (χ4v) is 3.80. The summed E-state index contributed by atoms with van der Waals surface area (Å²) in [5.41, 5.74) is 0. The van der Waals surface area contributed by atoms with Gasteiger partial charge in [0.2, 0.25) is 0 Å². The quantitative estimate of drug-likeness (QED) is 0.712. The van der Waals surface area contributed by atoms with E-state index in [0.29, 0.717) is 0 Å². The summed E-state index contributed by atoms with van der Waals surface area (Å²) in [6, 6.07) is 0.774. The maximum Gasteiger partial charge on any atom is 0.200 e. The molecular formula is C11H25NOSi. The molecule has 0 aliphatic heterocycles. The Balaban J connectivity index is 2.17. The van der Waals surface area contributed by atoms with Crippen LogP contribution in [0, 0.1) is 0 Å². The van der Waals surface area contributed by atoms with Crippen LogP contribution in [0.1, 0.15) is 39.0 Å².